The fourth-order valence-corrected chi connectivity index (χ4v) is 3.05. The van der Waals surface area contributed by atoms with Crippen LogP contribution in [-0.2, 0) is 23.8 Å². The fourth-order valence-electron chi connectivity index (χ4n) is 3.05. The lowest BCUT2D eigenvalue weighted by atomic mass is 10.00. The van der Waals surface area contributed by atoms with Gasteiger partial charge < -0.3 is 14.2 Å². The van der Waals surface area contributed by atoms with Gasteiger partial charge in [-0.2, -0.15) is 0 Å². The summed E-state index contributed by atoms with van der Waals surface area (Å²) in [6.45, 7) is 6.10. The van der Waals surface area contributed by atoms with Gasteiger partial charge in [0.1, 0.15) is 0 Å². The Morgan fingerprint density at radius 2 is 1.29 bits per heavy atom. The first-order valence-electron chi connectivity index (χ1n) is 11.4. The average Bonchev–Trinajstić information content (AvgIpc) is 2.69. The van der Waals surface area contributed by atoms with E-state index < -0.39 is 0 Å². The lowest BCUT2D eigenvalue weighted by molar-refractivity contribution is -0.145. The van der Waals surface area contributed by atoms with Crippen molar-refractivity contribution in [2.24, 2.45) is 5.92 Å². The molecular weight excluding hydrogens is 356 g/mol. The Morgan fingerprint density at radius 3 is 1.93 bits per heavy atom. The number of ether oxygens (including phenoxy) is 3. The first kappa shape index (κ1) is 26.9. The van der Waals surface area contributed by atoms with Crippen molar-refractivity contribution in [1.82, 2.24) is 0 Å². The Kier molecular flexibility index (Phi) is 19.8. The van der Waals surface area contributed by atoms with Crippen LogP contribution in [0.25, 0.3) is 0 Å². The standard InChI is InChI=1S/C23H44O5/c1-4-6-8-9-13-18-27-22(24)15-11-10-12-16-23(25)28-20-21(14-7-5-2)17-19-26-3/h21H,4-20H2,1-3H3. The highest BCUT2D eigenvalue weighted by Crippen LogP contribution is 2.14. The predicted molar refractivity (Wildman–Crippen MR) is 113 cm³/mol. The molecule has 0 aromatic carbocycles. The van der Waals surface area contributed by atoms with Crippen molar-refractivity contribution < 1.29 is 23.8 Å². The molecule has 0 aromatic heterocycles. The number of esters is 2. The lowest BCUT2D eigenvalue weighted by Crippen LogP contribution is -2.16. The van der Waals surface area contributed by atoms with Crippen LogP contribution in [0.15, 0.2) is 0 Å². The molecule has 5 nitrogen and oxygen atoms in total. The van der Waals surface area contributed by atoms with Gasteiger partial charge in [0.05, 0.1) is 13.2 Å². The van der Waals surface area contributed by atoms with E-state index in [1.54, 1.807) is 7.11 Å². The zero-order valence-electron chi connectivity index (χ0n) is 18.6. The smallest absolute Gasteiger partial charge is 0.305 e. The Bertz CT molecular complexity index is 362. The van der Waals surface area contributed by atoms with Gasteiger partial charge >= 0.3 is 11.9 Å². The van der Waals surface area contributed by atoms with Crippen LogP contribution in [0.2, 0.25) is 0 Å². The summed E-state index contributed by atoms with van der Waals surface area (Å²) >= 11 is 0. The predicted octanol–water partition coefficient (Wildman–Crippen LogP) is 5.84. The van der Waals surface area contributed by atoms with Crippen LogP contribution in [0.5, 0.6) is 0 Å². The second-order valence-electron chi connectivity index (χ2n) is 7.67. The van der Waals surface area contributed by atoms with E-state index in [1.807, 2.05) is 0 Å². The maximum atomic E-state index is 11.9. The molecule has 0 rings (SSSR count). The van der Waals surface area contributed by atoms with Crippen LogP contribution in [-0.4, -0.2) is 38.9 Å². The summed E-state index contributed by atoms with van der Waals surface area (Å²) in [7, 11) is 1.70. The third-order valence-corrected chi connectivity index (χ3v) is 4.95. The van der Waals surface area contributed by atoms with Gasteiger partial charge in [-0.05, 0) is 38.0 Å². The van der Waals surface area contributed by atoms with Crippen molar-refractivity contribution in [1.29, 1.82) is 0 Å². The average molecular weight is 401 g/mol. The van der Waals surface area contributed by atoms with E-state index in [0.717, 1.165) is 57.8 Å². The summed E-state index contributed by atoms with van der Waals surface area (Å²) < 4.78 is 15.8. The molecule has 28 heavy (non-hydrogen) atoms. The van der Waals surface area contributed by atoms with Crippen LogP contribution in [0, 0.1) is 5.92 Å². The molecule has 0 radical (unpaired) electrons. The molecule has 0 saturated heterocycles. The molecule has 0 heterocycles. The molecule has 1 atom stereocenters. The second-order valence-corrected chi connectivity index (χ2v) is 7.67. The minimum Gasteiger partial charge on any atom is -0.466 e. The third kappa shape index (κ3) is 18.3. The van der Waals surface area contributed by atoms with E-state index in [9.17, 15) is 9.59 Å². The number of carbonyl (C=O) groups excluding carboxylic acids is 2. The molecule has 0 bridgehead atoms. The van der Waals surface area contributed by atoms with Crippen molar-refractivity contribution in [2.75, 3.05) is 26.9 Å². The van der Waals surface area contributed by atoms with E-state index in [1.165, 1.54) is 19.3 Å². The van der Waals surface area contributed by atoms with Gasteiger partial charge in [0.15, 0.2) is 0 Å². The SMILES string of the molecule is CCCCCCCOC(=O)CCCCCC(=O)OCC(CCCC)CCOC. The van der Waals surface area contributed by atoms with E-state index in [-0.39, 0.29) is 11.9 Å². The first-order valence-corrected chi connectivity index (χ1v) is 11.4. The molecule has 0 aliphatic carbocycles. The summed E-state index contributed by atoms with van der Waals surface area (Å²) in [6, 6.07) is 0. The normalized spacial score (nSPS) is 12.0. The van der Waals surface area contributed by atoms with Crippen molar-refractivity contribution in [2.45, 2.75) is 104 Å². The Morgan fingerprint density at radius 1 is 0.679 bits per heavy atom. The highest BCUT2D eigenvalue weighted by atomic mass is 16.5. The van der Waals surface area contributed by atoms with Crippen LogP contribution in [0.4, 0.5) is 0 Å². The van der Waals surface area contributed by atoms with Crippen LogP contribution < -0.4 is 0 Å². The Hall–Kier alpha value is -1.10. The van der Waals surface area contributed by atoms with Gasteiger partial charge in [-0.3, -0.25) is 9.59 Å². The minimum absolute atomic E-state index is 0.116. The summed E-state index contributed by atoms with van der Waals surface area (Å²) in [5.41, 5.74) is 0. The molecule has 0 amide bonds. The second kappa shape index (κ2) is 20.6. The van der Waals surface area contributed by atoms with E-state index in [2.05, 4.69) is 13.8 Å². The van der Waals surface area contributed by atoms with Crippen LogP contribution in [0.1, 0.15) is 104 Å². The number of methoxy groups -OCH3 is 1. The molecule has 0 aliphatic rings. The molecule has 0 aromatic rings. The number of unbranched alkanes of at least 4 members (excludes halogenated alkanes) is 7. The maximum absolute atomic E-state index is 11.9. The number of hydrogen-bond acceptors (Lipinski definition) is 5. The minimum atomic E-state index is -0.131. The number of hydrogen-bond donors (Lipinski definition) is 0. The zero-order chi connectivity index (χ0) is 20.9. The van der Waals surface area contributed by atoms with Crippen molar-refractivity contribution in [3.8, 4) is 0 Å². The molecular formula is C23H44O5. The molecule has 0 aliphatic heterocycles. The summed E-state index contributed by atoms with van der Waals surface area (Å²) in [6.07, 6.45) is 13.4. The van der Waals surface area contributed by atoms with E-state index >= 15 is 0 Å². The van der Waals surface area contributed by atoms with Crippen molar-refractivity contribution in [3.05, 3.63) is 0 Å². The number of rotatable bonds is 20. The Labute approximate surface area is 172 Å². The highest BCUT2D eigenvalue weighted by Gasteiger charge is 2.12. The lowest BCUT2D eigenvalue weighted by Gasteiger charge is -2.16. The van der Waals surface area contributed by atoms with E-state index in [0.29, 0.717) is 38.6 Å². The van der Waals surface area contributed by atoms with Gasteiger partial charge in [-0.15, -0.1) is 0 Å². The molecule has 0 saturated carbocycles. The third-order valence-electron chi connectivity index (χ3n) is 4.95. The molecule has 1 unspecified atom stereocenters. The fraction of sp³-hybridized carbons (Fsp3) is 0.913. The maximum Gasteiger partial charge on any atom is 0.305 e. The van der Waals surface area contributed by atoms with Gasteiger partial charge in [0.25, 0.3) is 0 Å². The van der Waals surface area contributed by atoms with E-state index in [4.69, 9.17) is 14.2 Å². The van der Waals surface area contributed by atoms with Crippen LogP contribution in [0.3, 0.4) is 0 Å². The van der Waals surface area contributed by atoms with Gasteiger partial charge in [-0.25, -0.2) is 0 Å². The van der Waals surface area contributed by atoms with Crippen molar-refractivity contribution >= 4 is 11.9 Å². The molecule has 5 heteroatoms. The topological polar surface area (TPSA) is 61.8 Å². The summed E-state index contributed by atoms with van der Waals surface area (Å²) in [5.74, 6) is 0.143. The molecule has 0 spiro atoms. The van der Waals surface area contributed by atoms with Gasteiger partial charge in [0, 0.05) is 26.6 Å². The summed E-state index contributed by atoms with van der Waals surface area (Å²) in [5, 5.41) is 0. The van der Waals surface area contributed by atoms with Crippen LogP contribution >= 0.6 is 0 Å². The summed E-state index contributed by atoms with van der Waals surface area (Å²) in [4.78, 5) is 23.6. The Balaban J connectivity index is 3.62. The number of carbonyl (C=O) groups is 2. The van der Waals surface area contributed by atoms with Gasteiger partial charge in [-0.1, -0.05) is 58.8 Å². The molecule has 0 fully saturated rings. The van der Waals surface area contributed by atoms with Gasteiger partial charge in [0.2, 0.25) is 0 Å². The molecule has 0 N–H and O–H groups in total. The largest absolute Gasteiger partial charge is 0.466 e. The zero-order valence-corrected chi connectivity index (χ0v) is 18.6. The molecule has 166 valence electrons. The highest BCUT2D eigenvalue weighted by molar-refractivity contribution is 5.69. The quantitative estimate of drug-likeness (QED) is 0.190. The first-order chi connectivity index (χ1) is 13.6. The monoisotopic (exact) mass is 400 g/mol. The van der Waals surface area contributed by atoms with Crippen molar-refractivity contribution in [3.63, 3.8) is 0 Å².